The van der Waals surface area contributed by atoms with Crippen molar-refractivity contribution in [2.75, 3.05) is 25.4 Å². The van der Waals surface area contributed by atoms with Crippen molar-refractivity contribution in [1.82, 2.24) is 25.4 Å². The molecule has 0 unspecified atom stereocenters. The molecule has 0 amide bonds. The fraction of sp³-hybridized carbons (Fsp3) is 0.471. The summed E-state index contributed by atoms with van der Waals surface area (Å²) in [6.07, 6.45) is 2.59. The smallest absolute Gasteiger partial charge is 0.191 e. The third-order valence-corrected chi connectivity index (χ3v) is 4.51. The maximum atomic E-state index is 13.6. The number of aromatic nitrogens is 3. The SMILES string of the molecule is CCNC(=NCCn1cnnc1CC)NCCSc1ccccc1F. The molecule has 0 radical (unpaired) electrons. The summed E-state index contributed by atoms with van der Waals surface area (Å²) < 4.78 is 15.6. The van der Waals surface area contributed by atoms with Crippen LogP contribution in [-0.4, -0.2) is 46.1 Å². The van der Waals surface area contributed by atoms with E-state index in [-0.39, 0.29) is 5.82 Å². The second-order valence-electron chi connectivity index (χ2n) is 5.26. The van der Waals surface area contributed by atoms with Crippen LogP contribution in [0.25, 0.3) is 0 Å². The molecule has 1 aromatic carbocycles. The van der Waals surface area contributed by atoms with E-state index in [1.165, 1.54) is 17.8 Å². The first-order chi connectivity index (χ1) is 12.2. The molecule has 8 heteroatoms. The van der Waals surface area contributed by atoms with Gasteiger partial charge >= 0.3 is 0 Å². The highest BCUT2D eigenvalue weighted by atomic mass is 32.2. The van der Waals surface area contributed by atoms with E-state index in [0.29, 0.717) is 18.0 Å². The normalized spacial score (nSPS) is 11.6. The molecule has 0 atom stereocenters. The van der Waals surface area contributed by atoms with E-state index in [4.69, 9.17) is 0 Å². The Bertz CT molecular complexity index is 673. The van der Waals surface area contributed by atoms with Gasteiger partial charge in [-0.1, -0.05) is 19.1 Å². The van der Waals surface area contributed by atoms with Crippen molar-refractivity contribution in [2.45, 2.75) is 31.7 Å². The number of rotatable bonds is 9. The molecule has 6 nitrogen and oxygen atoms in total. The number of thioether (sulfide) groups is 1. The van der Waals surface area contributed by atoms with E-state index >= 15 is 0 Å². The highest BCUT2D eigenvalue weighted by molar-refractivity contribution is 7.99. The highest BCUT2D eigenvalue weighted by Crippen LogP contribution is 2.20. The van der Waals surface area contributed by atoms with Crippen LogP contribution in [0.3, 0.4) is 0 Å². The number of hydrogen-bond donors (Lipinski definition) is 2. The zero-order valence-electron chi connectivity index (χ0n) is 14.7. The van der Waals surface area contributed by atoms with Crippen LogP contribution in [0.1, 0.15) is 19.7 Å². The van der Waals surface area contributed by atoms with Crippen molar-refractivity contribution in [3.8, 4) is 0 Å². The molecule has 2 aromatic rings. The summed E-state index contributed by atoms with van der Waals surface area (Å²) >= 11 is 1.49. The van der Waals surface area contributed by atoms with Crippen molar-refractivity contribution >= 4 is 17.7 Å². The van der Waals surface area contributed by atoms with Crippen LogP contribution in [0.5, 0.6) is 0 Å². The second-order valence-corrected chi connectivity index (χ2v) is 6.40. The Morgan fingerprint density at radius 1 is 1.28 bits per heavy atom. The minimum Gasteiger partial charge on any atom is -0.357 e. The number of nitrogens with one attached hydrogen (secondary N) is 2. The Hall–Kier alpha value is -2.09. The molecule has 0 aliphatic carbocycles. The van der Waals surface area contributed by atoms with Crippen LogP contribution in [0.4, 0.5) is 4.39 Å². The molecule has 0 spiro atoms. The molecule has 0 aliphatic rings. The van der Waals surface area contributed by atoms with Crippen LogP contribution in [0.15, 0.2) is 40.5 Å². The largest absolute Gasteiger partial charge is 0.357 e. The zero-order valence-corrected chi connectivity index (χ0v) is 15.5. The fourth-order valence-corrected chi connectivity index (χ4v) is 3.05. The van der Waals surface area contributed by atoms with Gasteiger partial charge in [-0.15, -0.1) is 22.0 Å². The minimum absolute atomic E-state index is 0.172. The molecule has 0 saturated heterocycles. The Labute approximate surface area is 152 Å². The van der Waals surface area contributed by atoms with Gasteiger partial charge in [0.15, 0.2) is 5.96 Å². The number of guanidine groups is 1. The molecule has 0 saturated carbocycles. The Kier molecular flexibility index (Phi) is 8.24. The predicted octanol–water partition coefficient (Wildman–Crippen LogP) is 2.33. The number of nitrogens with zero attached hydrogens (tertiary/aromatic N) is 4. The van der Waals surface area contributed by atoms with Gasteiger partial charge in [0.05, 0.1) is 6.54 Å². The highest BCUT2D eigenvalue weighted by Gasteiger charge is 2.03. The van der Waals surface area contributed by atoms with Gasteiger partial charge in [0.1, 0.15) is 18.0 Å². The summed E-state index contributed by atoms with van der Waals surface area (Å²) in [6, 6.07) is 6.83. The molecule has 0 bridgehead atoms. The maximum absolute atomic E-state index is 13.6. The number of hydrogen-bond acceptors (Lipinski definition) is 4. The first-order valence-electron chi connectivity index (χ1n) is 8.50. The van der Waals surface area contributed by atoms with Gasteiger partial charge < -0.3 is 15.2 Å². The number of halogens is 1. The topological polar surface area (TPSA) is 67.1 Å². The van der Waals surface area contributed by atoms with Gasteiger partial charge in [-0.25, -0.2) is 4.39 Å². The Balaban J connectivity index is 1.76. The van der Waals surface area contributed by atoms with E-state index in [1.807, 2.05) is 17.6 Å². The van der Waals surface area contributed by atoms with E-state index < -0.39 is 0 Å². The number of aryl methyl sites for hydroxylation is 1. The third-order valence-electron chi connectivity index (χ3n) is 3.46. The molecule has 2 N–H and O–H groups in total. The summed E-state index contributed by atoms with van der Waals surface area (Å²) in [4.78, 5) is 5.23. The third kappa shape index (κ3) is 6.38. The maximum Gasteiger partial charge on any atom is 0.191 e. The summed E-state index contributed by atoms with van der Waals surface area (Å²) in [7, 11) is 0. The molecular formula is C17H25FN6S. The van der Waals surface area contributed by atoms with Crippen LogP contribution in [0, 0.1) is 5.82 Å². The lowest BCUT2D eigenvalue weighted by Gasteiger charge is -2.11. The molecule has 1 aromatic heterocycles. The van der Waals surface area contributed by atoms with Crippen molar-refractivity contribution in [1.29, 1.82) is 0 Å². The molecule has 136 valence electrons. The average molecular weight is 364 g/mol. The van der Waals surface area contributed by atoms with E-state index in [9.17, 15) is 4.39 Å². The number of aliphatic imine (C=N–C) groups is 1. The van der Waals surface area contributed by atoms with Crippen molar-refractivity contribution < 1.29 is 4.39 Å². The summed E-state index contributed by atoms with van der Waals surface area (Å²) in [5, 5.41) is 14.5. The van der Waals surface area contributed by atoms with E-state index in [0.717, 1.165) is 37.0 Å². The minimum atomic E-state index is -0.172. The lowest BCUT2D eigenvalue weighted by Crippen LogP contribution is -2.38. The lowest BCUT2D eigenvalue weighted by molar-refractivity contribution is 0.602. The standard InChI is InChI=1S/C17H25FN6S/c1-3-16-23-22-13-24(16)11-9-20-17(19-4-2)21-10-12-25-15-8-6-5-7-14(15)18/h5-8,13H,3-4,9-12H2,1-2H3,(H2,19,20,21). The molecule has 25 heavy (non-hydrogen) atoms. The Morgan fingerprint density at radius 2 is 2.12 bits per heavy atom. The summed E-state index contributed by atoms with van der Waals surface area (Å²) in [6.45, 7) is 6.97. The van der Waals surface area contributed by atoms with Gasteiger partial charge in [0, 0.05) is 36.7 Å². The fourth-order valence-electron chi connectivity index (χ4n) is 2.24. The van der Waals surface area contributed by atoms with E-state index in [2.05, 4.69) is 32.7 Å². The molecule has 1 heterocycles. The van der Waals surface area contributed by atoms with E-state index in [1.54, 1.807) is 18.5 Å². The van der Waals surface area contributed by atoms with Gasteiger partial charge in [-0.3, -0.25) is 4.99 Å². The first-order valence-corrected chi connectivity index (χ1v) is 9.49. The average Bonchev–Trinajstić information content (AvgIpc) is 3.07. The van der Waals surface area contributed by atoms with Crippen LogP contribution < -0.4 is 10.6 Å². The summed E-state index contributed by atoms with van der Waals surface area (Å²) in [5.41, 5.74) is 0. The van der Waals surface area contributed by atoms with Gasteiger partial charge in [0.25, 0.3) is 0 Å². The van der Waals surface area contributed by atoms with Crippen molar-refractivity contribution in [3.05, 3.63) is 42.2 Å². The first kappa shape index (κ1) is 19.2. The van der Waals surface area contributed by atoms with Gasteiger partial charge in [-0.2, -0.15) is 0 Å². The van der Waals surface area contributed by atoms with Gasteiger partial charge in [0.2, 0.25) is 0 Å². The second kappa shape index (κ2) is 10.7. The molecular weight excluding hydrogens is 339 g/mol. The quantitative estimate of drug-likeness (QED) is 0.309. The molecule has 0 fully saturated rings. The Morgan fingerprint density at radius 3 is 2.88 bits per heavy atom. The molecule has 0 aliphatic heterocycles. The van der Waals surface area contributed by atoms with Crippen molar-refractivity contribution in [2.24, 2.45) is 4.99 Å². The zero-order chi connectivity index (χ0) is 17.9. The van der Waals surface area contributed by atoms with Crippen LogP contribution in [0.2, 0.25) is 0 Å². The lowest BCUT2D eigenvalue weighted by atomic mass is 10.3. The monoisotopic (exact) mass is 364 g/mol. The van der Waals surface area contributed by atoms with Crippen LogP contribution in [-0.2, 0) is 13.0 Å². The summed E-state index contributed by atoms with van der Waals surface area (Å²) in [5.74, 6) is 2.32. The predicted molar refractivity (Wildman–Crippen MR) is 101 cm³/mol. The van der Waals surface area contributed by atoms with Gasteiger partial charge in [-0.05, 0) is 19.1 Å². The van der Waals surface area contributed by atoms with Crippen LogP contribution >= 0.6 is 11.8 Å². The van der Waals surface area contributed by atoms with Crippen molar-refractivity contribution in [3.63, 3.8) is 0 Å². The molecule has 2 rings (SSSR count). The number of benzene rings is 1.